The Kier molecular flexibility index (Phi) is 4.32. The van der Waals surface area contributed by atoms with Crippen molar-refractivity contribution < 1.29 is 21.6 Å². The maximum Gasteiger partial charge on any atom is 0.228 e. The Labute approximate surface area is 102 Å². The van der Waals surface area contributed by atoms with Crippen LogP contribution in [-0.2, 0) is 24.7 Å². The van der Waals surface area contributed by atoms with Crippen LogP contribution in [-0.4, -0.2) is 50.9 Å². The van der Waals surface area contributed by atoms with Crippen LogP contribution in [0.15, 0.2) is 0 Å². The van der Waals surface area contributed by atoms with Crippen molar-refractivity contribution in [1.29, 1.82) is 0 Å². The standard InChI is InChI=1S/C9H17NO5S2/c1-8(11)6-9-4-3-5-10(9)17(14,15)7-16(2,12)13/h9H,3-7H2,1-2H3. The molecule has 1 aliphatic rings. The van der Waals surface area contributed by atoms with E-state index < -0.39 is 24.9 Å². The van der Waals surface area contributed by atoms with E-state index in [0.29, 0.717) is 19.4 Å². The summed E-state index contributed by atoms with van der Waals surface area (Å²) in [4.78, 5) is 11.0. The predicted octanol–water partition coefficient (Wildman–Crippen LogP) is -0.238. The first-order chi connectivity index (χ1) is 7.62. The molecule has 1 unspecified atom stereocenters. The Balaban J connectivity index is 2.87. The summed E-state index contributed by atoms with van der Waals surface area (Å²) in [6, 6.07) is -0.376. The molecule has 1 fully saturated rings. The fourth-order valence-corrected chi connectivity index (χ4v) is 5.80. The molecule has 0 bridgehead atoms. The summed E-state index contributed by atoms with van der Waals surface area (Å²) in [6.45, 7) is 1.70. The highest BCUT2D eigenvalue weighted by molar-refractivity contribution is 8.06. The van der Waals surface area contributed by atoms with Crippen molar-refractivity contribution in [3.63, 3.8) is 0 Å². The van der Waals surface area contributed by atoms with Crippen molar-refractivity contribution >= 4 is 25.6 Å². The molecule has 17 heavy (non-hydrogen) atoms. The van der Waals surface area contributed by atoms with E-state index >= 15 is 0 Å². The third-order valence-corrected chi connectivity index (χ3v) is 6.67. The molecule has 0 saturated carbocycles. The van der Waals surface area contributed by atoms with Crippen LogP contribution >= 0.6 is 0 Å². The molecule has 0 spiro atoms. The van der Waals surface area contributed by atoms with E-state index in [2.05, 4.69) is 0 Å². The number of nitrogens with zero attached hydrogens (tertiary/aromatic N) is 1. The van der Waals surface area contributed by atoms with Crippen LogP contribution in [0.25, 0.3) is 0 Å². The summed E-state index contributed by atoms with van der Waals surface area (Å²) < 4.78 is 47.0. The Morgan fingerprint density at radius 3 is 2.35 bits per heavy atom. The summed E-state index contributed by atoms with van der Waals surface area (Å²) in [5.41, 5.74) is 0. The van der Waals surface area contributed by atoms with Gasteiger partial charge in [-0.2, -0.15) is 4.31 Å². The van der Waals surface area contributed by atoms with Gasteiger partial charge in [-0.05, 0) is 19.8 Å². The molecule has 0 radical (unpaired) electrons. The smallest absolute Gasteiger partial charge is 0.228 e. The first kappa shape index (κ1) is 14.6. The van der Waals surface area contributed by atoms with E-state index in [9.17, 15) is 21.6 Å². The van der Waals surface area contributed by atoms with Crippen molar-refractivity contribution in [3.05, 3.63) is 0 Å². The van der Waals surface area contributed by atoms with Crippen LogP contribution in [0.3, 0.4) is 0 Å². The van der Waals surface area contributed by atoms with Crippen LogP contribution in [0, 0.1) is 0 Å². The van der Waals surface area contributed by atoms with E-state index in [0.717, 1.165) is 10.6 Å². The average molecular weight is 283 g/mol. The maximum absolute atomic E-state index is 11.9. The molecular formula is C9H17NO5S2. The summed E-state index contributed by atoms with van der Waals surface area (Å²) >= 11 is 0. The zero-order valence-corrected chi connectivity index (χ0v) is 11.6. The monoisotopic (exact) mass is 283 g/mol. The van der Waals surface area contributed by atoms with Gasteiger partial charge in [0.05, 0.1) is 0 Å². The average Bonchev–Trinajstić information content (AvgIpc) is 2.46. The van der Waals surface area contributed by atoms with Crippen LogP contribution in [0.2, 0.25) is 0 Å². The van der Waals surface area contributed by atoms with Gasteiger partial charge in [0.15, 0.2) is 14.9 Å². The van der Waals surface area contributed by atoms with E-state index in [-0.39, 0.29) is 18.2 Å². The second-order valence-corrected chi connectivity index (χ2v) is 8.90. The van der Waals surface area contributed by atoms with Gasteiger partial charge in [0.25, 0.3) is 0 Å². The number of rotatable bonds is 5. The summed E-state index contributed by atoms with van der Waals surface area (Å²) in [5, 5.41) is -0.881. The van der Waals surface area contributed by atoms with Crippen molar-refractivity contribution in [1.82, 2.24) is 4.31 Å². The fraction of sp³-hybridized carbons (Fsp3) is 0.889. The minimum atomic E-state index is -3.82. The van der Waals surface area contributed by atoms with E-state index in [4.69, 9.17) is 0 Å². The quantitative estimate of drug-likeness (QED) is 0.695. The largest absolute Gasteiger partial charge is 0.300 e. The molecule has 1 heterocycles. The summed E-state index contributed by atoms with van der Waals surface area (Å²) in [7, 11) is -7.41. The molecule has 100 valence electrons. The van der Waals surface area contributed by atoms with Gasteiger partial charge in [-0.15, -0.1) is 0 Å². The van der Waals surface area contributed by atoms with E-state index in [1.54, 1.807) is 0 Å². The Morgan fingerprint density at radius 2 is 1.88 bits per heavy atom. The molecule has 0 aromatic carbocycles. The molecule has 0 aliphatic carbocycles. The Morgan fingerprint density at radius 1 is 1.29 bits per heavy atom. The van der Waals surface area contributed by atoms with Gasteiger partial charge in [-0.25, -0.2) is 16.8 Å². The predicted molar refractivity (Wildman–Crippen MR) is 63.7 cm³/mol. The lowest BCUT2D eigenvalue weighted by Gasteiger charge is -2.22. The highest BCUT2D eigenvalue weighted by atomic mass is 32.3. The van der Waals surface area contributed by atoms with Gasteiger partial charge in [-0.1, -0.05) is 0 Å². The second-order valence-electron chi connectivity index (χ2n) is 4.47. The lowest BCUT2D eigenvalue weighted by molar-refractivity contribution is -0.117. The molecule has 0 aromatic heterocycles. The first-order valence-corrected chi connectivity index (χ1v) is 8.95. The van der Waals surface area contributed by atoms with Crippen molar-refractivity contribution in [2.24, 2.45) is 0 Å². The first-order valence-electron chi connectivity index (χ1n) is 5.28. The minimum Gasteiger partial charge on any atom is -0.300 e. The molecule has 1 aliphatic heterocycles. The summed E-state index contributed by atoms with van der Waals surface area (Å²) in [5.74, 6) is -0.0866. The lowest BCUT2D eigenvalue weighted by Crippen LogP contribution is -2.39. The van der Waals surface area contributed by atoms with Gasteiger partial charge < -0.3 is 0 Å². The Hall–Kier alpha value is -0.470. The number of hydrogen-bond donors (Lipinski definition) is 0. The zero-order valence-electron chi connectivity index (χ0n) is 9.92. The Bertz CT molecular complexity index is 493. The second kappa shape index (κ2) is 5.03. The molecule has 8 heteroatoms. The molecule has 1 rings (SSSR count). The zero-order chi connectivity index (χ0) is 13.3. The van der Waals surface area contributed by atoms with E-state index in [1.165, 1.54) is 6.92 Å². The normalized spacial score (nSPS) is 22.8. The highest BCUT2D eigenvalue weighted by Crippen LogP contribution is 2.24. The van der Waals surface area contributed by atoms with Crippen LogP contribution in [0.4, 0.5) is 0 Å². The number of carbonyl (C=O) groups excluding carboxylic acids is 1. The fourth-order valence-electron chi connectivity index (χ4n) is 2.05. The summed E-state index contributed by atoms with van der Waals surface area (Å²) in [6.07, 6.45) is 2.33. The van der Waals surface area contributed by atoms with Crippen LogP contribution in [0.1, 0.15) is 26.2 Å². The number of Topliss-reactive ketones (excluding diaryl/α,β-unsaturated/α-hetero) is 1. The molecule has 0 N–H and O–H groups in total. The van der Waals surface area contributed by atoms with E-state index in [1.807, 2.05) is 0 Å². The minimum absolute atomic E-state index is 0.0866. The van der Waals surface area contributed by atoms with Gasteiger partial charge in [0.1, 0.15) is 5.78 Å². The van der Waals surface area contributed by atoms with Gasteiger partial charge in [0, 0.05) is 25.3 Å². The molecule has 1 saturated heterocycles. The molecule has 6 nitrogen and oxygen atoms in total. The highest BCUT2D eigenvalue weighted by Gasteiger charge is 2.36. The molecular weight excluding hydrogens is 266 g/mol. The maximum atomic E-state index is 11.9. The van der Waals surface area contributed by atoms with Crippen LogP contribution < -0.4 is 0 Å². The number of sulfone groups is 1. The van der Waals surface area contributed by atoms with Gasteiger partial charge in [0.2, 0.25) is 10.0 Å². The van der Waals surface area contributed by atoms with Gasteiger partial charge >= 0.3 is 0 Å². The van der Waals surface area contributed by atoms with Crippen LogP contribution in [0.5, 0.6) is 0 Å². The van der Waals surface area contributed by atoms with Crippen molar-refractivity contribution in [3.8, 4) is 0 Å². The molecule has 0 amide bonds. The number of ketones is 1. The third-order valence-electron chi connectivity index (χ3n) is 2.57. The number of carbonyl (C=O) groups is 1. The molecule has 0 aromatic rings. The number of sulfonamides is 1. The number of hydrogen-bond acceptors (Lipinski definition) is 5. The SMILES string of the molecule is CC(=O)CC1CCCN1S(=O)(=O)CS(C)(=O)=O. The topological polar surface area (TPSA) is 88.6 Å². The lowest BCUT2D eigenvalue weighted by atomic mass is 10.1. The van der Waals surface area contributed by atoms with Crippen molar-refractivity contribution in [2.75, 3.05) is 17.9 Å². The third kappa shape index (κ3) is 4.36. The van der Waals surface area contributed by atoms with Gasteiger partial charge in [-0.3, -0.25) is 4.79 Å². The molecule has 1 atom stereocenters. The van der Waals surface area contributed by atoms with Crippen molar-refractivity contribution in [2.45, 2.75) is 32.2 Å².